The number of aromatic nitrogens is 3. The predicted octanol–water partition coefficient (Wildman–Crippen LogP) is 2.64. The highest BCUT2D eigenvalue weighted by Gasteiger charge is 2.18. The molecule has 0 saturated carbocycles. The zero-order valence-corrected chi connectivity index (χ0v) is 14.8. The number of rotatable bonds is 6. The van der Waals surface area contributed by atoms with Gasteiger partial charge in [0.15, 0.2) is 0 Å². The average molecular weight is 328 g/mol. The van der Waals surface area contributed by atoms with Crippen LogP contribution in [0.15, 0.2) is 28.9 Å². The van der Waals surface area contributed by atoms with Gasteiger partial charge in [0.1, 0.15) is 17.2 Å². The van der Waals surface area contributed by atoms with Gasteiger partial charge in [-0.25, -0.2) is 0 Å². The van der Waals surface area contributed by atoms with Crippen molar-refractivity contribution in [3.05, 3.63) is 35.9 Å². The van der Waals surface area contributed by atoms with E-state index in [1.807, 2.05) is 52.1 Å². The van der Waals surface area contributed by atoms with E-state index in [1.165, 1.54) is 0 Å². The minimum Gasteiger partial charge on any atom is -0.468 e. The van der Waals surface area contributed by atoms with E-state index in [2.05, 4.69) is 31.2 Å². The van der Waals surface area contributed by atoms with E-state index in [0.29, 0.717) is 12.5 Å². The summed E-state index contributed by atoms with van der Waals surface area (Å²) in [7, 11) is 7.95. The molecule has 1 unspecified atom stereocenters. The molecule has 1 atom stereocenters. The largest absolute Gasteiger partial charge is 0.468 e. The molecule has 0 aliphatic heterocycles. The molecule has 0 fully saturated rings. The summed E-state index contributed by atoms with van der Waals surface area (Å²) >= 11 is 0. The van der Waals surface area contributed by atoms with Gasteiger partial charge in [0.25, 0.3) is 0 Å². The number of anilines is 2. The van der Waals surface area contributed by atoms with Gasteiger partial charge >= 0.3 is 0 Å². The Morgan fingerprint density at radius 2 is 2.04 bits per heavy atom. The number of H-pyrrole nitrogens is 1. The fourth-order valence-electron chi connectivity index (χ4n) is 2.68. The number of fused-ring (bicyclic) bond motifs is 1. The lowest BCUT2D eigenvalue weighted by molar-refractivity contribution is 0.269. The van der Waals surface area contributed by atoms with Gasteiger partial charge in [-0.05, 0) is 39.2 Å². The second-order valence-electron chi connectivity index (χ2n) is 6.36. The van der Waals surface area contributed by atoms with Gasteiger partial charge in [0.05, 0.1) is 17.7 Å². The Morgan fingerprint density at radius 1 is 1.25 bits per heavy atom. The second kappa shape index (κ2) is 6.52. The average Bonchev–Trinajstić information content (AvgIpc) is 3.15. The summed E-state index contributed by atoms with van der Waals surface area (Å²) in [5, 5.41) is 4.46. The van der Waals surface area contributed by atoms with Crippen molar-refractivity contribution in [3.63, 3.8) is 0 Å². The van der Waals surface area contributed by atoms with Crippen LogP contribution in [0, 0.1) is 6.92 Å². The maximum Gasteiger partial charge on any atom is 0.228 e. The lowest BCUT2D eigenvalue weighted by Gasteiger charge is -2.23. The lowest BCUT2D eigenvalue weighted by Crippen LogP contribution is -2.27. The fourth-order valence-corrected chi connectivity index (χ4v) is 2.68. The molecule has 0 saturated heterocycles. The Kier molecular flexibility index (Phi) is 4.44. The van der Waals surface area contributed by atoms with Gasteiger partial charge < -0.3 is 19.6 Å². The summed E-state index contributed by atoms with van der Waals surface area (Å²) < 4.78 is 5.57. The molecule has 3 aromatic heterocycles. The van der Waals surface area contributed by atoms with E-state index < -0.39 is 0 Å². The number of nitrogens with zero attached hydrogens (tertiary/aromatic N) is 4. The molecule has 3 rings (SSSR count). The van der Waals surface area contributed by atoms with Crippen LogP contribution in [-0.4, -0.2) is 54.6 Å². The normalized spacial score (nSPS) is 12.8. The van der Waals surface area contributed by atoms with Gasteiger partial charge in [-0.3, -0.25) is 4.90 Å². The Hall–Kier alpha value is -2.54. The molecule has 0 radical (unpaired) electrons. The number of aromatic amines is 1. The number of nitrogens with one attached hydrogen (secondary N) is 2. The molecule has 2 N–H and O–H groups in total. The third-order valence-corrected chi connectivity index (χ3v) is 3.97. The molecule has 128 valence electrons. The highest BCUT2D eigenvalue weighted by molar-refractivity contribution is 5.89. The van der Waals surface area contributed by atoms with Crippen LogP contribution in [0.1, 0.15) is 17.5 Å². The second-order valence-corrected chi connectivity index (χ2v) is 6.36. The predicted molar refractivity (Wildman–Crippen MR) is 96.6 cm³/mol. The molecule has 0 aliphatic rings. The van der Waals surface area contributed by atoms with E-state index in [4.69, 9.17) is 4.42 Å². The van der Waals surface area contributed by atoms with Crippen molar-refractivity contribution >= 4 is 22.8 Å². The van der Waals surface area contributed by atoms with Crippen molar-refractivity contribution in [2.24, 2.45) is 0 Å². The molecule has 0 aromatic carbocycles. The summed E-state index contributed by atoms with van der Waals surface area (Å²) in [5.41, 5.74) is 1.90. The minimum atomic E-state index is 0.118. The minimum absolute atomic E-state index is 0.118. The number of likely N-dealkylation sites (N-methyl/N-ethyl adjacent to an activating group) is 1. The summed E-state index contributed by atoms with van der Waals surface area (Å²) in [6.07, 6.45) is 1.70. The highest BCUT2D eigenvalue weighted by atomic mass is 16.3. The molecule has 7 nitrogen and oxygen atoms in total. The Labute approximate surface area is 141 Å². The first-order chi connectivity index (χ1) is 11.5. The van der Waals surface area contributed by atoms with Crippen LogP contribution in [0.3, 0.4) is 0 Å². The molecular weight excluding hydrogens is 304 g/mol. The van der Waals surface area contributed by atoms with Crippen LogP contribution in [0.2, 0.25) is 0 Å². The van der Waals surface area contributed by atoms with Crippen molar-refractivity contribution in [1.29, 1.82) is 0 Å². The first kappa shape index (κ1) is 16.3. The van der Waals surface area contributed by atoms with Crippen LogP contribution in [0.5, 0.6) is 0 Å². The van der Waals surface area contributed by atoms with Crippen LogP contribution >= 0.6 is 0 Å². The molecule has 0 spiro atoms. The van der Waals surface area contributed by atoms with Gasteiger partial charge in [-0.2, -0.15) is 9.97 Å². The van der Waals surface area contributed by atoms with Gasteiger partial charge in [-0.1, -0.05) is 0 Å². The smallest absolute Gasteiger partial charge is 0.228 e. The summed E-state index contributed by atoms with van der Waals surface area (Å²) in [5.74, 6) is 2.42. The first-order valence-electron chi connectivity index (χ1n) is 7.94. The van der Waals surface area contributed by atoms with Crippen LogP contribution in [0.4, 0.5) is 11.8 Å². The van der Waals surface area contributed by atoms with Crippen molar-refractivity contribution in [1.82, 2.24) is 19.9 Å². The Bertz CT molecular complexity index is 806. The van der Waals surface area contributed by atoms with Crippen LogP contribution in [-0.2, 0) is 0 Å². The van der Waals surface area contributed by atoms with Crippen molar-refractivity contribution in [2.45, 2.75) is 13.0 Å². The van der Waals surface area contributed by atoms with Crippen molar-refractivity contribution in [3.8, 4) is 0 Å². The number of hydrogen-bond donors (Lipinski definition) is 2. The maximum atomic E-state index is 5.57. The van der Waals surface area contributed by atoms with E-state index in [-0.39, 0.29) is 6.04 Å². The van der Waals surface area contributed by atoms with Gasteiger partial charge in [-0.15, -0.1) is 0 Å². The van der Waals surface area contributed by atoms with E-state index >= 15 is 0 Å². The van der Waals surface area contributed by atoms with Crippen LogP contribution in [0.25, 0.3) is 11.0 Å². The molecule has 0 aliphatic carbocycles. The number of furan rings is 1. The summed E-state index contributed by atoms with van der Waals surface area (Å²) in [6.45, 7) is 2.70. The fraction of sp³-hybridized carbons (Fsp3) is 0.412. The van der Waals surface area contributed by atoms with E-state index in [0.717, 1.165) is 28.3 Å². The third kappa shape index (κ3) is 3.21. The van der Waals surface area contributed by atoms with Crippen LogP contribution < -0.4 is 10.2 Å². The Balaban J connectivity index is 1.91. The Morgan fingerprint density at radius 3 is 2.67 bits per heavy atom. The lowest BCUT2D eigenvalue weighted by atomic mass is 10.2. The van der Waals surface area contributed by atoms with E-state index in [1.54, 1.807) is 6.26 Å². The summed E-state index contributed by atoms with van der Waals surface area (Å²) in [4.78, 5) is 16.5. The highest BCUT2D eigenvalue weighted by Crippen LogP contribution is 2.25. The SMILES string of the molecule is Cc1cc2c(NCC(c3ccco3)N(C)C)nc(N(C)C)nc2[nH]1. The molecule has 0 bridgehead atoms. The quantitative estimate of drug-likeness (QED) is 0.725. The first-order valence-corrected chi connectivity index (χ1v) is 7.94. The zero-order valence-electron chi connectivity index (χ0n) is 14.8. The number of hydrogen-bond acceptors (Lipinski definition) is 6. The molecule has 0 amide bonds. The zero-order chi connectivity index (χ0) is 17.3. The molecule has 3 heterocycles. The molecule has 3 aromatic rings. The van der Waals surface area contributed by atoms with Crippen molar-refractivity contribution in [2.75, 3.05) is 45.0 Å². The van der Waals surface area contributed by atoms with Crippen molar-refractivity contribution < 1.29 is 4.42 Å². The van der Waals surface area contributed by atoms with Gasteiger partial charge in [0.2, 0.25) is 5.95 Å². The molecular formula is C17H24N6O. The summed E-state index contributed by atoms with van der Waals surface area (Å²) in [6, 6.07) is 6.09. The standard InChI is InChI=1S/C17H24N6O/c1-11-9-12-15(20-17(23(4)5)21-16(12)19-11)18-10-13(22(2)3)14-7-6-8-24-14/h6-9,13H,10H2,1-5H3,(H2,18,19,20,21). The molecule has 24 heavy (non-hydrogen) atoms. The topological polar surface area (TPSA) is 73.2 Å². The van der Waals surface area contributed by atoms with E-state index in [9.17, 15) is 0 Å². The third-order valence-electron chi connectivity index (χ3n) is 3.97. The number of aryl methyl sites for hydroxylation is 1. The monoisotopic (exact) mass is 328 g/mol. The van der Waals surface area contributed by atoms with Gasteiger partial charge in [0, 0.05) is 26.3 Å². The molecule has 7 heteroatoms. The maximum absolute atomic E-state index is 5.57.